The molecule has 1 fully saturated rings. The van der Waals surface area contributed by atoms with Crippen LogP contribution in [0.3, 0.4) is 0 Å². The number of nitrogens with two attached hydrogens (primary N) is 1. The molecule has 2 heterocycles. The number of anilines is 1. The summed E-state index contributed by atoms with van der Waals surface area (Å²) in [5.74, 6) is 0.418. The molecule has 0 amide bonds. The molecule has 1 aromatic rings. The predicted octanol–water partition coefficient (Wildman–Crippen LogP) is 1.22. The van der Waals surface area contributed by atoms with Crippen LogP contribution in [0.4, 0.5) is 5.82 Å². The van der Waals surface area contributed by atoms with Crippen LogP contribution in [-0.2, 0) is 4.74 Å². The van der Waals surface area contributed by atoms with Crippen molar-refractivity contribution in [2.45, 2.75) is 19.4 Å². The van der Waals surface area contributed by atoms with Gasteiger partial charge in [-0.2, -0.15) is 0 Å². The number of aromatic nitrogens is 1. The van der Waals surface area contributed by atoms with Gasteiger partial charge in [0.15, 0.2) is 5.69 Å². The molecule has 1 saturated heterocycles. The minimum Gasteiger partial charge on any atom is -0.461 e. The summed E-state index contributed by atoms with van der Waals surface area (Å²) in [5.41, 5.74) is 6.20. The Balaban J connectivity index is 0.00000162. The van der Waals surface area contributed by atoms with E-state index in [1.807, 2.05) is 12.1 Å². The standard InChI is InChI=1S/C12H17N3O2.ClH/c1-2-17-12(16)10-4-3-5-11(14-10)15-7-6-9(13)8-15;/h3-5,9H,2,6-8,13H2,1H3;1H. The molecule has 0 radical (unpaired) electrons. The number of rotatable bonds is 3. The van der Waals surface area contributed by atoms with Gasteiger partial charge in [0.05, 0.1) is 6.61 Å². The molecule has 1 aliphatic rings. The smallest absolute Gasteiger partial charge is 0.356 e. The third-order valence-corrected chi connectivity index (χ3v) is 2.77. The van der Waals surface area contributed by atoms with E-state index in [1.165, 1.54) is 0 Å². The fraction of sp³-hybridized carbons (Fsp3) is 0.500. The number of carbonyl (C=O) groups excluding carboxylic acids is 1. The van der Waals surface area contributed by atoms with Crippen LogP contribution >= 0.6 is 12.4 Å². The first-order valence-electron chi connectivity index (χ1n) is 5.85. The van der Waals surface area contributed by atoms with Gasteiger partial charge in [-0.1, -0.05) is 6.07 Å². The molecule has 0 saturated carbocycles. The Morgan fingerprint density at radius 3 is 3.00 bits per heavy atom. The highest BCUT2D eigenvalue weighted by Crippen LogP contribution is 2.17. The molecule has 5 nitrogen and oxygen atoms in total. The van der Waals surface area contributed by atoms with Crippen molar-refractivity contribution in [2.75, 3.05) is 24.6 Å². The van der Waals surface area contributed by atoms with E-state index in [0.717, 1.165) is 25.3 Å². The van der Waals surface area contributed by atoms with Gasteiger partial charge >= 0.3 is 5.97 Å². The van der Waals surface area contributed by atoms with E-state index in [0.29, 0.717) is 12.3 Å². The average Bonchev–Trinajstić information content (AvgIpc) is 2.76. The molecular formula is C12H18ClN3O2. The molecule has 6 heteroatoms. The molecule has 18 heavy (non-hydrogen) atoms. The number of hydrogen-bond donors (Lipinski definition) is 1. The lowest BCUT2D eigenvalue weighted by Gasteiger charge is -2.17. The van der Waals surface area contributed by atoms with Crippen molar-refractivity contribution in [1.29, 1.82) is 0 Å². The van der Waals surface area contributed by atoms with Crippen molar-refractivity contribution in [3.63, 3.8) is 0 Å². The van der Waals surface area contributed by atoms with Crippen LogP contribution in [0.15, 0.2) is 18.2 Å². The maximum atomic E-state index is 11.5. The van der Waals surface area contributed by atoms with Crippen LogP contribution in [0, 0.1) is 0 Å². The Bertz CT molecular complexity index is 414. The zero-order chi connectivity index (χ0) is 12.3. The summed E-state index contributed by atoms with van der Waals surface area (Å²) in [6.07, 6.45) is 0.964. The Morgan fingerprint density at radius 2 is 2.39 bits per heavy atom. The summed E-state index contributed by atoms with van der Waals surface area (Å²) in [6.45, 7) is 3.82. The van der Waals surface area contributed by atoms with Gasteiger partial charge in [0, 0.05) is 19.1 Å². The fourth-order valence-electron chi connectivity index (χ4n) is 1.91. The monoisotopic (exact) mass is 271 g/mol. The third kappa shape index (κ3) is 3.34. The number of nitrogens with zero attached hydrogens (tertiary/aromatic N) is 2. The van der Waals surface area contributed by atoms with E-state index >= 15 is 0 Å². The quantitative estimate of drug-likeness (QED) is 0.837. The topological polar surface area (TPSA) is 68.5 Å². The molecule has 1 aliphatic heterocycles. The molecule has 0 spiro atoms. The van der Waals surface area contributed by atoms with Crippen LogP contribution < -0.4 is 10.6 Å². The van der Waals surface area contributed by atoms with Crippen LogP contribution in [0.1, 0.15) is 23.8 Å². The first-order chi connectivity index (χ1) is 8.20. The first-order valence-corrected chi connectivity index (χ1v) is 5.85. The number of ether oxygens (including phenoxy) is 1. The largest absolute Gasteiger partial charge is 0.461 e. The molecule has 100 valence electrons. The summed E-state index contributed by atoms with van der Waals surface area (Å²) >= 11 is 0. The second kappa shape index (κ2) is 6.56. The summed E-state index contributed by atoms with van der Waals surface area (Å²) in [7, 11) is 0. The van der Waals surface area contributed by atoms with Gasteiger partial charge in [-0.3, -0.25) is 0 Å². The third-order valence-electron chi connectivity index (χ3n) is 2.77. The van der Waals surface area contributed by atoms with Gasteiger partial charge in [0.1, 0.15) is 5.82 Å². The van der Waals surface area contributed by atoms with Gasteiger partial charge in [0.25, 0.3) is 0 Å². The average molecular weight is 272 g/mol. The minimum atomic E-state index is -0.377. The number of pyridine rings is 1. The van der Waals surface area contributed by atoms with E-state index in [4.69, 9.17) is 10.5 Å². The van der Waals surface area contributed by atoms with Crippen molar-refractivity contribution < 1.29 is 9.53 Å². The molecular weight excluding hydrogens is 254 g/mol. The maximum Gasteiger partial charge on any atom is 0.356 e. The molecule has 1 atom stereocenters. The lowest BCUT2D eigenvalue weighted by Crippen LogP contribution is -2.27. The van der Waals surface area contributed by atoms with Crippen LogP contribution in [0.25, 0.3) is 0 Å². The highest BCUT2D eigenvalue weighted by atomic mass is 35.5. The SMILES string of the molecule is CCOC(=O)c1cccc(N2CCC(N)C2)n1.Cl. The Hall–Kier alpha value is -1.33. The summed E-state index contributed by atoms with van der Waals surface area (Å²) in [4.78, 5) is 17.9. The van der Waals surface area contributed by atoms with Crippen molar-refractivity contribution in [3.8, 4) is 0 Å². The van der Waals surface area contributed by atoms with Gasteiger partial charge in [-0.15, -0.1) is 12.4 Å². The zero-order valence-corrected chi connectivity index (χ0v) is 11.2. The highest BCUT2D eigenvalue weighted by Gasteiger charge is 2.21. The molecule has 0 bridgehead atoms. The van der Waals surface area contributed by atoms with Crippen LogP contribution in [0.2, 0.25) is 0 Å². The van der Waals surface area contributed by atoms with E-state index < -0.39 is 0 Å². The van der Waals surface area contributed by atoms with Crippen LogP contribution in [0.5, 0.6) is 0 Å². The molecule has 0 aliphatic carbocycles. The second-order valence-corrected chi connectivity index (χ2v) is 4.10. The predicted molar refractivity (Wildman–Crippen MR) is 72.2 cm³/mol. The van der Waals surface area contributed by atoms with Gasteiger partial charge in [0.2, 0.25) is 0 Å². The lowest BCUT2D eigenvalue weighted by molar-refractivity contribution is 0.0519. The fourth-order valence-corrected chi connectivity index (χ4v) is 1.91. The Kier molecular flexibility index (Phi) is 5.37. The number of halogens is 1. The molecule has 0 aromatic carbocycles. The zero-order valence-electron chi connectivity index (χ0n) is 10.3. The van der Waals surface area contributed by atoms with E-state index in [2.05, 4.69) is 9.88 Å². The number of hydrogen-bond acceptors (Lipinski definition) is 5. The second-order valence-electron chi connectivity index (χ2n) is 4.10. The van der Waals surface area contributed by atoms with Crippen LogP contribution in [-0.4, -0.2) is 36.7 Å². The van der Waals surface area contributed by atoms with E-state index in [9.17, 15) is 4.79 Å². The Labute approximate surface area is 113 Å². The van der Waals surface area contributed by atoms with Crippen molar-refractivity contribution in [1.82, 2.24) is 4.98 Å². The summed E-state index contributed by atoms with van der Waals surface area (Å²) in [5, 5.41) is 0. The molecule has 2 rings (SSSR count). The highest BCUT2D eigenvalue weighted by molar-refractivity contribution is 5.87. The van der Waals surface area contributed by atoms with Gasteiger partial charge in [-0.25, -0.2) is 9.78 Å². The van der Waals surface area contributed by atoms with Gasteiger partial charge in [-0.05, 0) is 25.5 Å². The van der Waals surface area contributed by atoms with Crippen molar-refractivity contribution in [2.24, 2.45) is 5.73 Å². The lowest BCUT2D eigenvalue weighted by atomic mass is 10.3. The number of esters is 1. The summed E-state index contributed by atoms with van der Waals surface area (Å²) in [6, 6.07) is 5.57. The van der Waals surface area contributed by atoms with E-state index in [-0.39, 0.29) is 24.4 Å². The summed E-state index contributed by atoms with van der Waals surface area (Å²) < 4.78 is 4.92. The first kappa shape index (κ1) is 14.7. The number of carbonyl (C=O) groups is 1. The van der Waals surface area contributed by atoms with Crippen molar-refractivity contribution >= 4 is 24.2 Å². The van der Waals surface area contributed by atoms with Gasteiger partial charge < -0.3 is 15.4 Å². The Morgan fingerprint density at radius 1 is 1.61 bits per heavy atom. The molecule has 1 unspecified atom stereocenters. The van der Waals surface area contributed by atoms with E-state index in [1.54, 1.807) is 13.0 Å². The maximum absolute atomic E-state index is 11.5. The molecule has 2 N–H and O–H groups in total. The molecule has 1 aromatic heterocycles. The normalized spacial score (nSPS) is 18.3. The minimum absolute atomic E-state index is 0. The van der Waals surface area contributed by atoms with Crippen molar-refractivity contribution in [3.05, 3.63) is 23.9 Å².